The number of aromatic hydroxyl groups is 10. The summed E-state index contributed by atoms with van der Waals surface area (Å²) in [5, 5.41) is 121. The van der Waals surface area contributed by atoms with Gasteiger partial charge >= 0.3 is 11.9 Å². The van der Waals surface area contributed by atoms with Gasteiger partial charge in [0.1, 0.15) is 47.4 Å². The monoisotopic (exact) mass is 768 g/mol. The summed E-state index contributed by atoms with van der Waals surface area (Å²) < 4.78 is 27.9. The first-order valence-electron chi connectivity index (χ1n) is 15.6. The highest BCUT2D eigenvalue weighted by molar-refractivity contribution is 5.92. The summed E-state index contributed by atoms with van der Waals surface area (Å²) in [7, 11) is 0. The van der Waals surface area contributed by atoms with Gasteiger partial charge in [0.25, 0.3) is 0 Å². The fraction of sp³-hybridized carbons (Fsp3) is 0.171. The summed E-state index contributed by atoms with van der Waals surface area (Å²) in [4.78, 5) is 40.0. The van der Waals surface area contributed by atoms with E-state index in [0.29, 0.717) is 12.1 Å². The molecule has 0 bridgehead atoms. The highest BCUT2D eigenvalue weighted by atomic mass is 16.7. The minimum atomic E-state index is -2.23. The Hall–Kier alpha value is -7.29. The second kappa shape index (κ2) is 14.3. The smallest absolute Gasteiger partial charge is 0.339 e. The number of phenolic OH excluding ortho intramolecular Hbond substituents is 10. The van der Waals surface area contributed by atoms with Crippen LogP contribution in [0.5, 0.6) is 63.2 Å². The zero-order valence-corrected chi connectivity index (χ0v) is 27.4. The van der Waals surface area contributed by atoms with Crippen LogP contribution in [0.2, 0.25) is 0 Å². The molecule has 20 nitrogen and oxygen atoms in total. The van der Waals surface area contributed by atoms with Crippen molar-refractivity contribution in [3.63, 3.8) is 0 Å². The number of aliphatic hydroxyl groups is 2. The van der Waals surface area contributed by atoms with Crippen LogP contribution in [0.25, 0.3) is 22.3 Å². The van der Waals surface area contributed by atoms with Gasteiger partial charge in [-0.2, -0.15) is 0 Å². The summed E-state index contributed by atoms with van der Waals surface area (Å²) in [6.45, 7) is -0.940. The third kappa shape index (κ3) is 7.10. The normalized spacial score (nSPS) is 19.5. The summed E-state index contributed by atoms with van der Waals surface area (Å²) in [6.07, 6.45) is -10.5. The maximum absolute atomic E-state index is 14.0. The lowest BCUT2D eigenvalue weighted by Crippen LogP contribution is -2.61. The Morgan fingerprint density at radius 1 is 0.655 bits per heavy atom. The number of ether oxygens (including phenoxy) is 4. The van der Waals surface area contributed by atoms with Gasteiger partial charge in [0, 0.05) is 17.7 Å². The van der Waals surface area contributed by atoms with Crippen molar-refractivity contribution in [1.82, 2.24) is 0 Å². The summed E-state index contributed by atoms with van der Waals surface area (Å²) >= 11 is 0. The molecule has 1 saturated heterocycles. The third-order valence-corrected chi connectivity index (χ3v) is 8.27. The van der Waals surface area contributed by atoms with Gasteiger partial charge in [-0.25, -0.2) is 9.59 Å². The van der Waals surface area contributed by atoms with E-state index in [1.165, 1.54) is 0 Å². The molecule has 55 heavy (non-hydrogen) atoms. The fourth-order valence-corrected chi connectivity index (χ4v) is 5.49. The van der Waals surface area contributed by atoms with Crippen LogP contribution in [0, 0.1) is 0 Å². The molecule has 6 rings (SSSR count). The number of carbonyl (C=O) groups excluding carboxylic acids is 2. The molecular weight excluding hydrogens is 740 g/mol. The molecule has 12 N–H and O–H groups in total. The van der Waals surface area contributed by atoms with Gasteiger partial charge in [-0.05, 0) is 42.5 Å². The average Bonchev–Trinajstić information content (AvgIpc) is 3.13. The Balaban J connectivity index is 1.42. The van der Waals surface area contributed by atoms with E-state index in [2.05, 4.69) is 0 Å². The first-order valence-corrected chi connectivity index (χ1v) is 15.6. The molecule has 0 aliphatic carbocycles. The maximum Gasteiger partial charge on any atom is 0.339 e. The van der Waals surface area contributed by atoms with E-state index in [4.69, 9.17) is 23.4 Å². The minimum absolute atomic E-state index is 0.169. The lowest BCUT2D eigenvalue weighted by atomic mass is 9.98. The topological polar surface area (TPSA) is 344 Å². The Kier molecular flexibility index (Phi) is 9.72. The molecule has 0 saturated carbocycles. The second-order valence-electron chi connectivity index (χ2n) is 12.0. The van der Waals surface area contributed by atoms with E-state index in [1.807, 2.05) is 0 Å². The van der Waals surface area contributed by atoms with E-state index in [9.17, 15) is 75.7 Å². The molecule has 2 heterocycles. The second-order valence-corrected chi connectivity index (χ2v) is 12.0. The van der Waals surface area contributed by atoms with Crippen LogP contribution in [0.3, 0.4) is 0 Å². The van der Waals surface area contributed by atoms with Gasteiger partial charge in [0.2, 0.25) is 17.5 Å². The van der Waals surface area contributed by atoms with E-state index in [0.717, 1.165) is 42.5 Å². The number of rotatable bonds is 8. The number of hydrogen-bond donors (Lipinski definition) is 12. The predicted molar refractivity (Wildman–Crippen MR) is 178 cm³/mol. The van der Waals surface area contributed by atoms with E-state index in [-0.39, 0.29) is 5.56 Å². The predicted octanol–water partition coefficient (Wildman–Crippen LogP) is 1.42. The van der Waals surface area contributed by atoms with Gasteiger partial charge in [0.05, 0.1) is 11.1 Å². The standard InChI is InChI=1S/C35H28O20/c36-14-8-17(39)24-22(9-14)52-30(11-1-2-15(37)16(38)3-11)31(28(24)47)55-35-32(54-34(50)13-6-20(42)26(45)21(43)7-13)29(48)27(46)23(53-35)10-51-33(49)12-4-18(40)25(44)19(41)5-12/h1-9,23,27,29,32,35-46,48H,10H2/t23-,27+,29+,32-,35+/m1/s1. The molecule has 1 aliphatic heterocycles. The summed E-state index contributed by atoms with van der Waals surface area (Å²) in [5.74, 6) is -12.4. The van der Waals surface area contributed by atoms with Crippen molar-refractivity contribution in [1.29, 1.82) is 0 Å². The number of carbonyl (C=O) groups is 2. The third-order valence-electron chi connectivity index (χ3n) is 8.27. The molecule has 1 aliphatic rings. The summed E-state index contributed by atoms with van der Waals surface area (Å²) in [6, 6.07) is 7.64. The van der Waals surface area contributed by atoms with Crippen LogP contribution in [0.15, 0.2) is 63.8 Å². The van der Waals surface area contributed by atoms with Crippen LogP contribution in [-0.4, -0.2) is 111 Å². The molecule has 0 radical (unpaired) electrons. The molecule has 1 fully saturated rings. The molecule has 0 spiro atoms. The van der Waals surface area contributed by atoms with Crippen molar-refractivity contribution in [2.45, 2.75) is 30.7 Å². The molecule has 0 amide bonds. The van der Waals surface area contributed by atoms with Crippen molar-refractivity contribution in [3.8, 4) is 74.6 Å². The van der Waals surface area contributed by atoms with Gasteiger partial charge in [0.15, 0.2) is 57.9 Å². The molecule has 1 aromatic heterocycles. The van der Waals surface area contributed by atoms with Crippen molar-refractivity contribution in [3.05, 3.63) is 75.9 Å². The number of benzene rings is 4. The highest BCUT2D eigenvalue weighted by Gasteiger charge is 2.49. The van der Waals surface area contributed by atoms with Gasteiger partial charge in [-0.1, -0.05) is 0 Å². The van der Waals surface area contributed by atoms with Crippen LogP contribution in [-0.2, 0) is 14.2 Å². The average molecular weight is 769 g/mol. The van der Waals surface area contributed by atoms with Crippen molar-refractivity contribution < 1.29 is 94.2 Å². The van der Waals surface area contributed by atoms with Crippen LogP contribution in [0.4, 0.5) is 0 Å². The van der Waals surface area contributed by atoms with Crippen LogP contribution >= 0.6 is 0 Å². The molecule has 5 aromatic rings. The number of fused-ring (bicyclic) bond motifs is 1. The zero-order chi connectivity index (χ0) is 40.0. The SMILES string of the molecule is O=C(OC[C@H]1O[C@@H](Oc2c(-c3ccc(O)c(O)c3)oc3cc(O)cc(O)c3c2=O)[C@H](OC(=O)c2cc(O)c(O)c(O)c2)[C@@H](O)[C@H]1O)c1cc(O)c(O)c(O)c1. The Morgan fingerprint density at radius 2 is 1.24 bits per heavy atom. The number of phenols is 10. The molecule has 5 atom stereocenters. The minimum Gasteiger partial charge on any atom is -0.508 e. The number of esters is 2. The van der Waals surface area contributed by atoms with Gasteiger partial charge in [-0.15, -0.1) is 0 Å². The van der Waals surface area contributed by atoms with Crippen LogP contribution < -0.4 is 10.2 Å². The Morgan fingerprint density at radius 3 is 1.82 bits per heavy atom. The van der Waals surface area contributed by atoms with E-state index < -0.39 is 146 Å². The largest absolute Gasteiger partial charge is 0.508 e. The molecule has 20 heteroatoms. The summed E-state index contributed by atoms with van der Waals surface area (Å²) in [5.41, 5.74) is -2.86. The number of hydrogen-bond acceptors (Lipinski definition) is 20. The Bertz CT molecular complexity index is 2350. The van der Waals surface area contributed by atoms with E-state index >= 15 is 0 Å². The molecule has 4 aromatic carbocycles. The quantitative estimate of drug-likeness (QED) is 0.0784. The van der Waals surface area contributed by atoms with E-state index in [1.54, 1.807) is 0 Å². The highest BCUT2D eigenvalue weighted by Crippen LogP contribution is 2.41. The van der Waals surface area contributed by atoms with Gasteiger partial charge in [-0.3, -0.25) is 4.79 Å². The maximum atomic E-state index is 14.0. The fourth-order valence-electron chi connectivity index (χ4n) is 5.49. The van der Waals surface area contributed by atoms with Crippen molar-refractivity contribution in [2.24, 2.45) is 0 Å². The van der Waals surface area contributed by atoms with Crippen LogP contribution in [0.1, 0.15) is 20.7 Å². The molecule has 288 valence electrons. The van der Waals surface area contributed by atoms with Crippen molar-refractivity contribution >= 4 is 22.9 Å². The lowest BCUT2D eigenvalue weighted by Gasteiger charge is -2.41. The first-order chi connectivity index (χ1) is 25.9. The Labute approximate surface area is 304 Å². The molecular formula is C35H28O20. The van der Waals surface area contributed by atoms with Gasteiger partial charge < -0.3 is 84.6 Å². The lowest BCUT2D eigenvalue weighted by molar-refractivity contribution is -0.276. The zero-order valence-electron chi connectivity index (χ0n) is 27.4. The first kappa shape index (κ1) is 37.5. The van der Waals surface area contributed by atoms with Crippen molar-refractivity contribution in [2.75, 3.05) is 6.61 Å². The molecule has 0 unspecified atom stereocenters. The number of aliphatic hydroxyl groups excluding tert-OH is 2.